The van der Waals surface area contributed by atoms with Gasteiger partial charge in [-0.05, 0) is 38.0 Å². The van der Waals surface area contributed by atoms with E-state index in [9.17, 15) is 10.2 Å². The zero-order chi connectivity index (χ0) is 10.4. The molecule has 1 fully saturated rings. The van der Waals surface area contributed by atoms with Crippen LogP contribution >= 0.6 is 0 Å². The second-order valence-corrected chi connectivity index (χ2v) is 4.63. The van der Waals surface area contributed by atoms with Crippen LogP contribution in [0.15, 0.2) is 0 Å². The summed E-state index contributed by atoms with van der Waals surface area (Å²) in [7, 11) is 0. The monoisotopic (exact) mass is 200 g/mol. The van der Waals surface area contributed by atoms with Crippen LogP contribution < -0.4 is 0 Å². The van der Waals surface area contributed by atoms with Crippen LogP contribution in [0.3, 0.4) is 0 Å². The first-order chi connectivity index (χ1) is 6.74. The molecule has 1 aliphatic carbocycles. The van der Waals surface area contributed by atoms with E-state index in [-0.39, 0.29) is 12.2 Å². The van der Waals surface area contributed by atoms with E-state index >= 15 is 0 Å². The molecule has 0 bridgehead atoms. The highest BCUT2D eigenvalue weighted by molar-refractivity contribution is 4.74. The zero-order valence-electron chi connectivity index (χ0n) is 9.28. The third-order valence-electron chi connectivity index (χ3n) is 3.38. The Morgan fingerprint density at radius 2 is 1.86 bits per heavy atom. The molecule has 3 atom stereocenters. The van der Waals surface area contributed by atoms with Gasteiger partial charge >= 0.3 is 0 Å². The van der Waals surface area contributed by atoms with Gasteiger partial charge in [-0.2, -0.15) is 0 Å². The number of unbranched alkanes of at least 4 members (excludes halogenated alkanes) is 1. The quantitative estimate of drug-likeness (QED) is 0.734. The number of hydrogen-bond donors (Lipinski definition) is 2. The van der Waals surface area contributed by atoms with Gasteiger partial charge in [0.2, 0.25) is 0 Å². The number of hydrogen-bond acceptors (Lipinski definition) is 2. The molecule has 2 N–H and O–H groups in total. The average Bonchev–Trinajstić information content (AvgIpc) is 2.17. The molecule has 0 radical (unpaired) electrons. The Morgan fingerprint density at radius 1 is 1.07 bits per heavy atom. The van der Waals surface area contributed by atoms with Crippen molar-refractivity contribution in [3.63, 3.8) is 0 Å². The second kappa shape index (κ2) is 6.41. The summed E-state index contributed by atoms with van der Waals surface area (Å²) in [5.41, 5.74) is 0. The van der Waals surface area contributed by atoms with Gasteiger partial charge in [-0.15, -0.1) is 0 Å². The van der Waals surface area contributed by atoms with E-state index in [4.69, 9.17) is 0 Å². The smallest absolute Gasteiger partial charge is 0.0569 e. The normalized spacial score (nSPS) is 34.9. The Labute approximate surface area is 87.3 Å². The number of aliphatic hydroxyl groups is 2. The molecule has 0 saturated heterocycles. The molecule has 1 aliphatic rings. The number of aliphatic hydroxyl groups excluding tert-OH is 2. The van der Waals surface area contributed by atoms with Crippen LogP contribution in [-0.2, 0) is 0 Å². The summed E-state index contributed by atoms with van der Waals surface area (Å²) in [6.07, 6.45) is 7.93. The maximum Gasteiger partial charge on any atom is 0.0569 e. The van der Waals surface area contributed by atoms with Crippen LogP contribution in [0.5, 0.6) is 0 Å². The molecule has 2 heteroatoms. The zero-order valence-corrected chi connectivity index (χ0v) is 9.28. The Bertz CT molecular complexity index is 147. The molecule has 0 heterocycles. The van der Waals surface area contributed by atoms with E-state index in [1.807, 2.05) is 0 Å². The van der Waals surface area contributed by atoms with Crippen molar-refractivity contribution in [2.45, 2.75) is 70.5 Å². The van der Waals surface area contributed by atoms with Crippen molar-refractivity contribution in [3.05, 3.63) is 0 Å². The van der Waals surface area contributed by atoms with Gasteiger partial charge in [0.15, 0.2) is 0 Å². The van der Waals surface area contributed by atoms with Crippen molar-refractivity contribution in [1.29, 1.82) is 0 Å². The van der Waals surface area contributed by atoms with Gasteiger partial charge in [0.05, 0.1) is 12.2 Å². The van der Waals surface area contributed by atoms with Crippen molar-refractivity contribution in [2.24, 2.45) is 5.92 Å². The first-order valence-electron chi connectivity index (χ1n) is 6.10. The van der Waals surface area contributed by atoms with Gasteiger partial charge in [-0.25, -0.2) is 0 Å². The third kappa shape index (κ3) is 3.97. The topological polar surface area (TPSA) is 40.5 Å². The van der Waals surface area contributed by atoms with E-state index < -0.39 is 0 Å². The Balaban J connectivity index is 2.33. The molecule has 84 valence electrons. The van der Waals surface area contributed by atoms with Crippen LogP contribution in [0.4, 0.5) is 0 Å². The predicted octanol–water partition coefficient (Wildman–Crippen LogP) is 2.48. The van der Waals surface area contributed by atoms with E-state index in [1.165, 1.54) is 12.8 Å². The van der Waals surface area contributed by atoms with Crippen LogP contribution in [0, 0.1) is 5.92 Å². The average molecular weight is 200 g/mol. The summed E-state index contributed by atoms with van der Waals surface area (Å²) in [6.45, 7) is 2.19. The van der Waals surface area contributed by atoms with Crippen molar-refractivity contribution in [3.8, 4) is 0 Å². The van der Waals surface area contributed by atoms with Gasteiger partial charge in [0.1, 0.15) is 0 Å². The van der Waals surface area contributed by atoms with Crippen molar-refractivity contribution in [2.75, 3.05) is 0 Å². The molecular formula is C12H24O2. The molecule has 0 aromatic heterocycles. The summed E-state index contributed by atoms with van der Waals surface area (Å²) in [4.78, 5) is 0. The van der Waals surface area contributed by atoms with Crippen LogP contribution in [0.1, 0.15) is 58.3 Å². The van der Waals surface area contributed by atoms with Crippen molar-refractivity contribution in [1.82, 2.24) is 0 Å². The lowest BCUT2D eigenvalue weighted by atomic mass is 9.84. The molecule has 0 amide bonds. The largest absolute Gasteiger partial charge is 0.393 e. The van der Waals surface area contributed by atoms with Crippen LogP contribution in [0.2, 0.25) is 0 Å². The molecular weight excluding hydrogens is 176 g/mol. The fourth-order valence-corrected chi connectivity index (χ4v) is 2.35. The first kappa shape index (κ1) is 12.0. The molecule has 14 heavy (non-hydrogen) atoms. The van der Waals surface area contributed by atoms with Gasteiger partial charge in [0, 0.05) is 0 Å². The molecule has 1 rings (SSSR count). The fraction of sp³-hybridized carbons (Fsp3) is 1.00. The van der Waals surface area contributed by atoms with E-state index in [1.54, 1.807) is 0 Å². The van der Waals surface area contributed by atoms with E-state index in [0.717, 1.165) is 38.5 Å². The summed E-state index contributed by atoms with van der Waals surface area (Å²) in [5, 5.41) is 19.4. The lowest BCUT2D eigenvalue weighted by Crippen LogP contribution is -2.25. The Hall–Kier alpha value is -0.0800. The maximum absolute atomic E-state index is 9.91. The second-order valence-electron chi connectivity index (χ2n) is 4.63. The van der Waals surface area contributed by atoms with Gasteiger partial charge < -0.3 is 10.2 Å². The minimum atomic E-state index is -0.170. The summed E-state index contributed by atoms with van der Waals surface area (Å²) >= 11 is 0. The van der Waals surface area contributed by atoms with Crippen molar-refractivity contribution < 1.29 is 10.2 Å². The van der Waals surface area contributed by atoms with Gasteiger partial charge in [0.25, 0.3) is 0 Å². The predicted molar refractivity (Wildman–Crippen MR) is 58.1 cm³/mol. The lowest BCUT2D eigenvalue weighted by molar-refractivity contribution is 0.0455. The van der Waals surface area contributed by atoms with E-state index in [2.05, 4.69) is 6.92 Å². The van der Waals surface area contributed by atoms with Gasteiger partial charge in [-0.3, -0.25) is 0 Å². The van der Waals surface area contributed by atoms with E-state index in [0.29, 0.717) is 5.92 Å². The molecule has 1 saturated carbocycles. The molecule has 2 nitrogen and oxygen atoms in total. The molecule has 3 unspecified atom stereocenters. The SMILES string of the molecule is CCCCC1CCCC(O)CCC1O. The minimum absolute atomic E-state index is 0.170. The van der Waals surface area contributed by atoms with Crippen LogP contribution in [0.25, 0.3) is 0 Å². The van der Waals surface area contributed by atoms with Gasteiger partial charge in [-0.1, -0.05) is 26.2 Å². The summed E-state index contributed by atoms with van der Waals surface area (Å²) in [6, 6.07) is 0. The molecule has 0 spiro atoms. The lowest BCUT2D eigenvalue weighted by Gasteiger charge is -2.27. The highest BCUT2D eigenvalue weighted by Gasteiger charge is 2.22. The van der Waals surface area contributed by atoms with Crippen LogP contribution in [-0.4, -0.2) is 22.4 Å². The molecule has 0 aromatic rings. The summed E-state index contributed by atoms with van der Waals surface area (Å²) in [5.74, 6) is 0.488. The number of rotatable bonds is 3. The third-order valence-corrected chi connectivity index (χ3v) is 3.38. The summed E-state index contributed by atoms with van der Waals surface area (Å²) < 4.78 is 0. The maximum atomic E-state index is 9.91. The molecule has 0 aromatic carbocycles. The Morgan fingerprint density at radius 3 is 2.57 bits per heavy atom. The first-order valence-corrected chi connectivity index (χ1v) is 6.10. The van der Waals surface area contributed by atoms with Crippen molar-refractivity contribution >= 4 is 0 Å². The standard InChI is InChI=1S/C12H24O2/c1-2-3-5-10-6-4-7-11(13)8-9-12(10)14/h10-14H,2-9H2,1H3. The molecule has 0 aliphatic heterocycles. The highest BCUT2D eigenvalue weighted by Crippen LogP contribution is 2.26. The highest BCUT2D eigenvalue weighted by atomic mass is 16.3. The minimum Gasteiger partial charge on any atom is -0.393 e. The fourth-order valence-electron chi connectivity index (χ4n) is 2.35. The Kier molecular flexibility index (Phi) is 5.49.